The average molecular weight is 420 g/mol. The van der Waals surface area contributed by atoms with Crippen LogP contribution in [0.2, 0.25) is 10.0 Å². The summed E-state index contributed by atoms with van der Waals surface area (Å²) in [6.07, 6.45) is 4.10. The first-order valence-electron chi connectivity index (χ1n) is 9.77. The number of nitrogens with zero attached hydrogens (tertiary/aromatic N) is 1. The highest BCUT2D eigenvalue weighted by atomic mass is 35.5. The maximum atomic E-state index is 12.3. The van der Waals surface area contributed by atoms with Crippen LogP contribution in [0.15, 0.2) is 42.5 Å². The van der Waals surface area contributed by atoms with E-state index < -0.39 is 0 Å². The fraction of sp³-hybridized carbons (Fsp3) is 0.435. The van der Waals surface area contributed by atoms with Gasteiger partial charge < -0.3 is 9.64 Å². The maximum absolute atomic E-state index is 12.3. The molecule has 0 spiro atoms. The summed E-state index contributed by atoms with van der Waals surface area (Å²) in [5.41, 5.74) is 3.47. The smallest absolute Gasteiger partial charge is 0.310 e. The van der Waals surface area contributed by atoms with Gasteiger partial charge in [0, 0.05) is 16.6 Å². The van der Waals surface area contributed by atoms with Crippen LogP contribution in [0.5, 0.6) is 0 Å². The number of halogens is 2. The van der Waals surface area contributed by atoms with Crippen LogP contribution in [0.3, 0.4) is 0 Å². The molecule has 2 aromatic rings. The van der Waals surface area contributed by atoms with Gasteiger partial charge in [0.05, 0.1) is 6.42 Å². The third kappa shape index (κ3) is 5.97. The standard InChI is InChI=1S/C23H27Cl2NO2/c1-26(2)15-16-3-5-17(6-4-16)18-8-11-21(12-9-18)28-23(27)13-19-7-10-20(24)14-22(19)25/h3-7,10,14,18,21H,8-9,11-13,15H2,1-2H3. The van der Waals surface area contributed by atoms with Crippen molar-refractivity contribution < 1.29 is 9.53 Å². The van der Waals surface area contributed by atoms with Gasteiger partial charge in [0.15, 0.2) is 0 Å². The van der Waals surface area contributed by atoms with E-state index in [9.17, 15) is 4.79 Å². The quantitative estimate of drug-likeness (QED) is 0.548. The number of hydrogen-bond acceptors (Lipinski definition) is 3. The van der Waals surface area contributed by atoms with Crippen LogP contribution in [-0.2, 0) is 22.5 Å². The number of benzene rings is 2. The molecule has 2 aromatic carbocycles. The summed E-state index contributed by atoms with van der Waals surface area (Å²) in [4.78, 5) is 14.4. The number of rotatable bonds is 6. The molecule has 3 nitrogen and oxygen atoms in total. The Morgan fingerprint density at radius 1 is 1.04 bits per heavy atom. The van der Waals surface area contributed by atoms with Gasteiger partial charge >= 0.3 is 5.97 Å². The van der Waals surface area contributed by atoms with E-state index in [0.717, 1.165) is 37.8 Å². The van der Waals surface area contributed by atoms with Gasteiger partial charge in [-0.15, -0.1) is 0 Å². The molecular weight excluding hydrogens is 393 g/mol. The Morgan fingerprint density at radius 3 is 2.32 bits per heavy atom. The molecule has 0 amide bonds. The molecule has 1 aliphatic rings. The Labute approximate surface area is 177 Å². The largest absolute Gasteiger partial charge is 0.462 e. The lowest BCUT2D eigenvalue weighted by Crippen LogP contribution is -2.24. The molecule has 1 aliphatic carbocycles. The zero-order chi connectivity index (χ0) is 20.1. The molecule has 5 heteroatoms. The van der Waals surface area contributed by atoms with Crippen LogP contribution >= 0.6 is 23.2 Å². The van der Waals surface area contributed by atoms with Crippen LogP contribution in [0.4, 0.5) is 0 Å². The summed E-state index contributed by atoms with van der Waals surface area (Å²) < 4.78 is 5.69. The topological polar surface area (TPSA) is 29.5 Å². The summed E-state index contributed by atoms with van der Waals surface area (Å²) in [7, 11) is 4.16. The minimum absolute atomic E-state index is 0.00263. The third-order valence-corrected chi connectivity index (χ3v) is 5.86. The van der Waals surface area contributed by atoms with E-state index in [2.05, 4.69) is 43.3 Å². The van der Waals surface area contributed by atoms with Crippen molar-refractivity contribution in [1.29, 1.82) is 0 Å². The van der Waals surface area contributed by atoms with Gasteiger partial charge in [-0.1, -0.05) is 53.5 Å². The Morgan fingerprint density at radius 2 is 1.71 bits per heavy atom. The fourth-order valence-electron chi connectivity index (χ4n) is 3.82. The number of ether oxygens (including phenoxy) is 1. The van der Waals surface area contributed by atoms with Crippen molar-refractivity contribution in [2.75, 3.05) is 14.1 Å². The third-order valence-electron chi connectivity index (χ3n) is 5.27. The summed E-state index contributed by atoms with van der Waals surface area (Å²) in [5, 5.41) is 1.07. The molecule has 0 atom stereocenters. The highest BCUT2D eigenvalue weighted by Crippen LogP contribution is 2.34. The molecular formula is C23H27Cl2NO2. The van der Waals surface area contributed by atoms with Gasteiger partial charge in [0.1, 0.15) is 6.10 Å². The number of esters is 1. The van der Waals surface area contributed by atoms with Gasteiger partial charge in [-0.3, -0.25) is 4.79 Å². The number of hydrogen-bond donors (Lipinski definition) is 0. The first-order valence-corrected chi connectivity index (χ1v) is 10.5. The number of carbonyl (C=O) groups is 1. The fourth-order valence-corrected chi connectivity index (χ4v) is 4.30. The second-order valence-electron chi connectivity index (χ2n) is 7.86. The molecule has 1 saturated carbocycles. The van der Waals surface area contributed by atoms with Crippen molar-refractivity contribution >= 4 is 29.2 Å². The van der Waals surface area contributed by atoms with Crippen molar-refractivity contribution in [3.8, 4) is 0 Å². The first kappa shape index (κ1) is 21.2. The van der Waals surface area contributed by atoms with Crippen molar-refractivity contribution in [2.24, 2.45) is 0 Å². The minimum Gasteiger partial charge on any atom is -0.462 e. The molecule has 28 heavy (non-hydrogen) atoms. The Hall–Kier alpha value is -1.55. The van der Waals surface area contributed by atoms with E-state index >= 15 is 0 Å². The lowest BCUT2D eigenvalue weighted by Gasteiger charge is -2.28. The molecule has 1 fully saturated rings. The Balaban J connectivity index is 1.47. The van der Waals surface area contributed by atoms with Crippen molar-refractivity contribution in [3.05, 3.63) is 69.2 Å². The predicted octanol–water partition coefficient (Wildman–Crippen LogP) is 5.87. The van der Waals surface area contributed by atoms with Crippen LogP contribution in [0.1, 0.15) is 48.3 Å². The molecule has 0 unspecified atom stereocenters. The molecule has 0 heterocycles. The molecule has 0 N–H and O–H groups in total. The lowest BCUT2D eigenvalue weighted by atomic mass is 9.82. The highest BCUT2D eigenvalue weighted by molar-refractivity contribution is 6.35. The Kier molecular flexibility index (Phi) is 7.39. The molecule has 0 aliphatic heterocycles. The molecule has 3 rings (SSSR count). The van der Waals surface area contributed by atoms with Gasteiger partial charge in [0.25, 0.3) is 0 Å². The highest BCUT2D eigenvalue weighted by Gasteiger charge is 2.25. The lowest BCUT2D eigenvalue weighted by molar-refractivity contribution is -0.149. The predicted molar refractivity (Wildman–Crippen MR) is 115 cm³/mol. The van der Waals surface area contributed by atoms with E-state index in [4.69, 9.17) is 27.9 Å². The minimum atomic E-state index is -0.222. The molecule has 0 aromatic heterocycles. The van der Waals surface area contributed by atoms with Gasteiger partial charge in [-0.05, 0) is 74.5 Å². The summed E-state index contributed by atoms with van der Waals surface area (Å²) in [5.74, 6) is 0.328. The second-order valence-corrected chi connectivity index (χ2v) is 8.70. The molecule has 150 valence electrons. The van der Waals surface area contributed by atoms with Gasteiger partial charge in [-0.25, -0.2) is 0 Å². The van der Waals surface area contributed by atoms with E-state index in [0.29, 0.717) is 16.0 Å². The van der Waals surface area contributed by atoms with E-state index in [1.165, 1.54) is 11.1 Å². The summed E-state index contributed by atoms with van der Waals surface area (Å²) in [6.45, 7) is 0.959. The van der Waals surface area contributed by atoms with E-state index in [1.54, 1.807) is 18.2 Å². The second kappa shape index (κ2) is 9.78. The normalized spacial score (nSPS) is 19.6. The molecule has 0 radical (unpaired) electrons. The molecule has 0 bridgehead atoms. The summed E-state index contributed by atoms with van der Waals surface area (Å²) >= 11 is 12.0. The average Bonchev–Trinajstić information content (AvgIpc) is 2.65. The van der Waals surface area contributed by atoms with E-state index in [-0.39, 0.29) is 18.5 Å². The SMILES string of the molecule is CN(C)Cc1ccc(C2CCC(OC(=O)Cc3ccc(Cl)cc3Cl)CC2)cc1. The van der Waals surface area contributed by atoms with Gasteiger partial charge in [0.2, 0.25) is 0 Å². The Bertz CT molecular complexity index is 797. The van der Waals surface area contributed by atoms with Crippen molar-refractivity contribution in [2.45, 2.75) is 50.7 Å². The van der Waals surface area contributed by atoms with E-state index in [1.807, 2.05) is 0 Å². The first-order chi connectivity index (χ1) is 13.4. The maximum Gasteiger partial charge on any atom is 0.310 e. The monoisotopic (exact) mass is 419 g/mol. The van der Waals surface area contributed by atoms with Crippen molar-refractivity contribution in [1.82, 2.24) is 4.90 Å². The molecule has 0 saturated heterocycles. The zero-order valence-corrected chi connectivity index (χ0v) is 18.0. The van der Waals surface area contributed by atoms with Crippen molar-refractivity contribution in [3.63, 3.8) is 0 Å². The van der Waals surface area contributed by atoms with Crippen LogP contribution in [0.25, 0.3) is 0 Å². The van der Waals surface area contributed by atoms with Crippen LogP contribution in [-0.4, -0.2) is 31.1 Å². The van der Waals surface area contributed by atoms with Gasteiger partial charge in [-0.2, -0.15) is 0 Å². The van der Waals surface area contributed by atoms with Crippen LogP contribution < -0.4 is 0 Å². The van der Waals surface area contributed by atoms with Crippen LogP contribution in [0, 0.1) is 0 Å². The number of carbonyl (C=O) groups excluding carboxylic acids is 1. The zero-order valence-electron chi connectivity index (χ0n) is 16.5. The summed E-state index contributed by atoms with van der Waals surface area (Å²) in [6, 6.07) is 14.1.